The van der Waals surface area contributed by atoms with E-state index in [1.807, 2.05) is 24.3 Å². The lowest BCUT2D eigenvalue weighted by atomic mass is 10.0. The van der Waals surface area contributed by atoms with Gasteiger partial charge in [-0.05, 0) is 41.9 Å². The molecule has 0 spiro atoms. The first-order valence-corrected chi connectivity index (χ1v) is 7.63. The van der Waals surface area contributed by atoms with Gasteiger partial charge in [-0.15, -0.1) is 0 Å². The Morgan fingerprint density at radius 2 is 2.30 bits per heavy atom. The van der Waals surface area contributed by atoms with Gasteiger partial charge < -0.3 is 4.74 Å². The van der Waals surface area contributed by atoms with E-state index >= 15 is 0 Å². The van der Waals surface area contributed by atoms with Crippen molar-refractivity contribution in [2.45, 2.75) is 19.9 Å². The lowest BCUT2D eigenvalue weighted by Gasteiger charge is -2.22. The summed E-state index contributed by atoms with van der Waals surface area (Å²) < 4.78 is 6.31. The molecule has 0 aromatic heterocycles. The Morgan fingerprint density at radius 1 is 1.55 bits per heavy atom. The van der Waals surface area contributed by atoms with E-state index in [1.54, 1.807) is 11.0 Å². The van der Waals surface area contributed by atoms with Crippen molar-refractivity contribution < 1.29 is 9.53 Å². The number of benzene rings is 1. The van der Waals surface area contributed by atoms with Gasteiger partial charge in [0.05, 0.1) is 6.04 Å². The molecule has 2 rings (SSSR count). The van der Waals surface area contributed by atoms with E-state index in [4.69, 9.17) is 17.0 Å². The van der Waals surface area contributed by atoms with Crippen molar-refractivity contribution in [3.8, 4) is 0 Å². The molecular formula is C15H16BrNO2S. The molecule has 1 fully saturated rings. The van der Waals surface area contributed by atoms with Crippen LogP contribution in [-0.4, -0.2) is 28.6 Å². The van der Waals surface area contributed by atoms with Crippen molar-refractivity contribution in [1.82, 2.24) is 4.90 Å². The summed E-state index contributed by atoms with van der Waals surface area (Å²) in [5, 5.41) is 0.271. The van der Waals surface area contributed by atoms with Gasteiger partial charge in [-0.3, -0.25) is 9.69 Å². The molecule has 1 atom stereocenters. The topological polar surface area (TPSA) is 29.5 Å². The molecule has 1 aromatic carbocycles. The molecule has 1 aliphatic rings. The summed E-state index contributed by atoms with van der Waals surface area (Å²) >= 11 is 8.51. The molecule has 20 heavy (non-hydrogen) atoms. The zero-order valence-corrected chi connectivity index (χ0v) is 13.8. The molecule has 3 nitrogen and oxygen atoms in total. The van der Waals surface area contributed by atoms with Gasteiger partial charge in [0.15, 0.2) is 0 Å². The Bertz CT molecular complexity index is 557. The second-order valence-corrected chi connectivity index (χ2v) is 6.25. The van der Waals surface area contributed by atoms with Crippen molar-refractivity contribution in [1.29, 1.82) is 0 Å². The molecule has 0 bridgehead atoms. The van der Waals surface area contributed by atoms with E-state index in [2.05, 4.69) is 29.8 Å². The van der Waals surface area contributed by atoms with Crippen LogP contribution < -0.4 is 0 Å². The van der Waals surface area contributed by atoms with Crippen LogP contribution in [0.5, 0.6) is 0 Å². The van der Waals surface area contributed by atoms with Crippen molar-refractivity contribution in [3.05, 3.63) is 40.4 Å². The first-order valence-electron chi connectivity index (χ1n) is 6.42. The number of ether oxygens (including phenoxy) is 1. The molecular weight excluding hydrogens is 338 g/mol. The number of carbonyl (C=O) groups is 1. The maximum Gasteiger partial charge on any atom is 0.266 e. The third-order valence-corrected chi connectivity index (χ3v) is 3.99. The smallest absolute Gasteiger partial charge is 0.266 e. The molecule has 1 aliphatic heterocycles. The van der Waals surface area contributed by atoms with Crippen LogP contribution in [0, 0.1) is 5.92 Å². The summed E-state index contributed by atoms with van der Waals surface area (Å²) in [6, 6.07) is 7.77. The Hall–Kier alpha value is -1.20. The average molecular weight is 354 g/mol. The summed E-state index contributed by atoms with van der Waals surface area (Å²) in [7, 11) is 0. The Labute approximate surface area is 132 Å². The molecule has 1 heterocycles. The van der Waals surface area contributed by atoms with Gasteiger partial charge in [0.25, 0.3) is 11.1 Å². The van der Waals surface area contributed by atoms with E-state index in [0.29, 0.717) is 12.5 Å². The van der Waals surface area contributed by atoms with Gasteiger partial charge in [-0.25, -0.2) is 0 Å². The normalized spacial score (nSPS) is 18.9. The summed E-state index contributed by atoms with van der Waals surface area (Å²) in [5.41, 5.74) is 0.958. The predicted molar refractivity (Wildman–Crippen MR) is 87.2 cm³/mol. The molecule has 0 saturated carbocycles. The minimum Gasteiger partial charge on any atom is -0.468 e. The van der Waals surface area contributed by atoms with Crippen LogP contribution in [0.4, 0.5) is 0 Å². The molecule has 106 valence electrons. The van der Waals surface area contributed by atoms with Crippen LogP contribution in [0.2, 0.25) is 0 Å². The predicted octanol–water partition coefficient (Wildman–Crippen LogP) is 3.63. The Kier molecular flexibility index (Phi) is 4.94. The third-order valence-electron chi connectivity index (χ3n) is 3.18. The van der Waals surface area contributed by atoms with Gasteiger partial charge >= 0.3 is 0 Å². The maximum absolute atomic E-state index is 12.3. The van der Waals surface area contributed by atoms with Gasteiger partial charge in [-0.2, -0.15) is 0 Å². The third kappa shape index (κ3) is 3.46. The highest BCUT2D eigenvalue weighted by Gasteiger charge is 2.35. The van der Waals surface area contributed by atoms with Crippen LogP contribution in [0.1, 0.15) is 19.4 Å². The van der Waals surface area contributed by atoms with Crippen LogP contribution in [0.25, 0.3) is 6.08 Å². The molecule has 0 radical (unpaired) electrons. The monoisotopic (exact) mass is 353 g/mol. The minimum atomic E-state index is -0.133. The molecule has 0 aliphatic carbocycles. The second-order valence-electron chi connectivity index (χ2n) is 4.98. The fraction of sp³-hybridized carbons (Fsp3) is 0.333. The molecule has 5 heteroatoms. The zero-order chi connectivity index (χ0) is 14.7. The number of hydrogen-bond acceptors (Lipinski definition) is 3. The number of rotatable bonds is 3. The van der Waals surface area contributed by atoms with Crippen molar-refractivity contribution in [2.75, 3.05) is 6.61 Å². The lowest BCUT2D eigenvalue weighted by Crippen LogP contribution is -2.40. The highest BCUT2D eigenvalue weighted by Crippen LogP contribution is 2.20. The van der Waals surface area contributed by atoms with Crippen LogP contribution in [0.3, 0.4) is 0 Å². The fourth-order valence-electron chi connectivity index (χ4n) is 2.04. The molecule has 0 unspecified atom stereocenters. The lowest BCUT2D eigenvalue weighted by molar-refractivity contribution is -0.123. The van der Waals surface area contributed by atoms with E-state index < -0.39 is 0 Å². The van der Waals surface area contributed by atoms with Gasteiger partial charge in [0.2, 0.25) is 0 Å². The van der Waals surface area contributed by atoms with Gasteiger partial charge in [0, 0.05) is 10.5 Å². The van der Waals surface area contributed by atoms with E-state index in [1.165, 1.54) is 6.08 Å². The number of amides is 1. The van der Waals surface area contributed by atoms with Crippen LogP contribution >= 0.6 is 28.1 Å². The minimum absolute atomic E-state index is 0.0159. The largest absolute Gasteiger partial charge is 0.468 e. The first kappa shape index (κ1) is 15.2. The quantitative estimate of drug-likeness (QED) is 0.613. The fourth-order valence-corrected chi connectivity index (χ4v) is 2.75. The second kappa shape index (κ2) is 6.50. The van der Waals surface area contributed by atoms with Crippen LogP contribution in [-0.2, 0) is 9.53 Å². The Morgan fingerprint density at radius 3 is 2.95 bits per heavy atom. The van der Waals surface area contributed by atoms with Crippen LogP contribution in [0.15, 0.2) is 34.8 Å². The molecule has 1 aromatic rings. The Balaban J connectivity index is 2.13. The number of nitrogens with zero attached hydrogens (tertiary/aromatic N) is 1. The number of carbonyl (C=O) groups excluding carboxylic acids is 1. The number of thiocarbonyl (C=S) groups is 1. The van der Waals surface area contributed by atoms with Crippen molar-refractivity contribution in [2.24, 2.45) is 5.92 Å². The summed E-state index contributed by atoms with van der Waals surface area (Å²) in [6.45, 7) is 4.59. The SMILES string of the molecule is CC(C)[C@H]1COC(=S)N1C(=O)/C=C/c1cccc(Br)c1. The highest BCUT2D eigenvalue weighted by atomic mass is 79.9. The van der Waals surface area contributed by atoms with E-state index in [0.717, 1.165) is 10.0 Å². The van der Waals surface area contributed by atoms with E-state index in [-0.39, 0.29) is 17.1 Å². The summed E-state index contributed by atoms with van der Waals surface area (Å²) in [5.74, 6) is 0.171. The van der Waals surface area contributed by atoms with Gasteiger partial charge in [0.1, 0.15) is 6.61 Å². The first-order chi connectivity index (χ1) is 9.49. The number of halogens is 1. The molecule has 0 N–H and O–H groups in total. The highest BCUT2D eigenvalue weighted by molar-refractivity contribution is 9.10. The zero-order valence-electron chi connectivity index (χ0n) is 11.4. The summed E-state index contributed by atoms with van der Waals surface area (Å²) in [4.78, 5) is 13.9. The van der Waals surface area contributed by atoms with E-state index in [9.17, 15) is 4.79 Å². The van der Waals surface area contributed by atoms with Crippen molar-refractivity contribution in [3.63, 3.8) is 0 Å². The van der Waals surface area contributed by atoms with Crippen molar-refractivity contribution >= 4 is 45.3 Å². The molecule has 1 saturated heterocycles. The maximum atomic E-state index is 12.3. The van der Waals surface area contributed by atoms with Gasteiger partial charge in [-0.1, -0.05) is 41.9 Å². The molecule has 1 amide bonds. The average Bonchev–Trinajstić information content (AvgIpc) is 2.78. The number of hydrogen-bond donors (Lipinski definition) is 0. The standard InChI is InChI=1S/C15H16BrNO2S/c1-10(2)13-9-19-15(20)17(13)14(18)7-6-11-4-3-5-12(16)8-11/h3-8,10,13H,9H2,1-2H3/b7-6+/t13-/m1/s1. The summed E-state index contributed by atoms with van der Waals surface area (Å²) in [6.07, 6.45) is 3.32.